The van der Waals surface area contributed by atoms with E-state index in [4.69, 9.17) is 0 Å². The van der Waals surface area contributed by atoms with Crippen LogP contribution in [0.2, 0.25) is 0 Å². The monoisotopic (exact) mass is 409 g/mol. The first-order chi connectivity index (χ1) is 14.4. The van der Waals surface area contributed by atoms with Crippen LogP contribution >= 0.6 is 0 Å². The van der Waals surface area contributed by atoms with Crippen LogP contribution < -0.4 is 10.9 Å². The maximum Gasteiger partial charge on any atom is 0.337 e. The highest BCUT2D eigenvalue weighted by Crippen LogP contribution is 2.17. The van der Waals surface area contributed by atoms with Gasteiger partial charge >= 0.3 is 5.97 Å². The number of nitrogens with zero attached hydrogens (tertiary/aromatic N) is 2. The lowest BCUT2D eigenvalue weighted by molar-refractivity contribution is -0.116. The molecule has 0 aliphatic carbocycles. The van der Waals surface area contributed by atoms with Crippen LogP contribution in [-0.2, 0) is 22.5 Å². The molecule has 1 amide bonds. The molecule has 0 saturated heterocycles. The Bertz CT molecular complexity index is 1120. The molecule has 1 aromatic heterocycles. The number of aromatic nitrogens is 2. The second-order valence-corrected chi connectivity index (χ2v) is 6.47. The van der Waals surface area contributed by atoms with Gasteiger partial charge in [-0.3, -0.25) is 14.2 Å². The second-order valence-electron chi connectivity index (χ2n) is 6.47. The molecule has 0 radical (unpaired) electrons. The smallest absolute Gasteiger partial charge is 0.337 e. The number of anilines is 1. The van der Waals surface area contributed by atoms with Gasteiger partial charge in [-0.05, 0) is 55.0 Å². The van der Waals surface area contributed by atoms with E-state index in [2.05, 4.69) is 15.0 Å². The van der Waals surface area contributed by atoms with Crippen molar-refractivity contribution in [2.45, 2.75) is 19.9 Å². The molecule has 2 aromatic carbocycles. The average molecular weight is 409 g/mol. The van der Waals surface area contributed by atoms with Crippen molar-refractivity contribution in [1.82, 2.24) is 9.55 Å². The van der Waals surface area contributed by atoms with Gasteiger partial charge in [0, 0.05) is 23.0 Å². The molecule has 7 nitrogen and oxygen atoms in total. The number of aryl methyl sites for hydroxylation is 1. The minimum atomic E-state index is -0.481. The lowest BCUT2D eigenvalue weighted by Gasteiger charge is -2.14. The molecule has 154 valence electrons. The van der Waals surface area contributed by atoms with Gasteiger partial charge in [-0.15, -0.1) is 0 Å². The third kappa shape index (κ3) is 4.78. The Kier molecular flexibility index (Phi) is 6.36. The molecule has 0 spiro atoms. The summed E-state index contributed by atoms with van der Waals surface area (Å²) >= 11 is 0. The first-order valence-electron chi connectivity index (χ1n) is 9.26. The van der Waals surface area contributed by atoms with Gasteiger partial charge in [0.15, 0.2) is 0 Å². The van der Waals surface area contributed by atoms with Crippen LogP contribution in [0.5, 0.6) is 0 Å². The Labute approximate surface area is 172 Å². The molecular formula is C22H20FN3O4. The minimum Gasteiger partial charge on any atom is -0.465 e. The molecule has 3 rings (SSSR count). The zero-order chi connectivity index (χ0) is 21.7. The van der Waals surface area contributed by atoms with Crippen molar-refractivity contribution in [1.29, 1.82) is 0 Å². The zero-order valence-corrected chi connectivity index (χ0v) is 16.5. The van der Waals surface area contributed by atoms with Gasteiger partial charge in [0.05, 0.1) is 12.7 Å². The third-order valence-corrected chi connectivity index (χ3v) is 4.42. The number of hydrogen-bond acceptors (Lipinski definition) is 5. The van der Waals surface area contributed by atoms with Gasteiger partial charge in [0.25, 0.3) is 5.56 Å². The molecule has 0 fully saturated rings. The molecule has 0 saturated carbocycles. The zero-order valence-electron chi connectivity index (χ0n) is 16.5. The third-order valence-electron chi connectivity index (χ3n) is 4.42. The van der Waals surface area contributed by atoms with Crippen molar-refractivity contribution >= 4 is 17.6 Å². The highest BCUT2D eigenvalue weighted by Gasteiger charge is 2.14. The van der Waals surface area contributed by atoms with E-state index in [1.165, 1.54) is 54.1 Å². The highest BCUT2D eigenvalue weighted by atomic mass is 19.1. The number of carbonyl (C=O) groups is 2. The summed E-state index contributed by atoms with van der Waals surface area (Å²) in [5, 5.41) is 2.68. The largest absolute Gasteiger partial charge is 0.465 e. The van der Waals surface area contributed by atoms with Crippen molar-refractivity contribution in [3.05, 3.63) is 82.0 Å². The predicted octanol–water partition coefficient (Wildman–Crippen LogP) is 3.04. The van der Waals surface area contributed by atoms with Gasteiger partial charge in [-0.1, -0.05) is 6.92 Å². The standard InChI is InChI=1S/C22H20FN3O4/c1-3-17-12-20(28)26(21(25-17)14-4-8-16(23)9-5-14)13-19(27)24-18-10-6-15(7-11-18)22(29)30-2/h4-12H,3,13H2,1-2H3,(H,24,27). The van der Waals surface area contributed by atoms with Gasteiger partial charge < -0.3 is 10.1 Å². The Hall–Kier alpha value is -3.81. The summed E-state index contributed by atoms with van der Waals surface area (Å²) in [5.41, 5.74) is 1.54. The summed E-state index contributed by atoms with van der Waals surface area (Å²) in [4.78, 5) is 41.1. The Morgan fingerprint density at radius 2 is 1.77 bits per heavy atom. The van der Waals surface area contributed by atoms with E-state index >= 15 is 0 Å². The fraction of sp³-hybridized carbons (Fsp3) is 0.182. The molecule has 8 heteroatoms. The highest BCUT2D eigenvalue weighted by molar-refractivity contribution is 5.93. The van der Waals surface area contributed by atoms with Crippen LogP contribution in [0.1, 0.15) is 23.0 Å². The maximum absolute atomic E-state index is 13.3. The van der Waals surface area contributed by atoms with E-state index in [1.807, 2.05) is 6.92 Å². The normalized spacial score (nSPS) is 10.5. The Morgan fingerprint density at radius 3 is 2.37 bits per heavy atom. The number of benzene rings is 2. The van der Waals surface area contributed by atoms with Crippen molar-refractivity contribution in [2.24, 2.45) is 0 Å². The van der Waals surface area contributed by atoms with Crippen LogP contribution in [0.25, 0.3) is 11.4 Å². The lowest BCUT2D eigenvalue weighted by atomic mass is 10.2. The number of hydrogen-bond donors (Lipinski definition) is 1. The molecule has 0 aliphatic heterocycles. The van der Waals surface area contributed by atoms with Crippen LogP contribution in [0.4, 0.5) is 10.1 Å². The van der Waals surface area contributed by atoms with E-state index in [1.54, 1.807) is 12.1 Å². The van der Waals surface area contributed by atoms with Crippen LogP contribution in [-0.4, -0.2) is 28.5 Å². The number of methoxy groups -OCH3 is 1. The second kappa shape index (κ2) is 9.13. The van der Waals surface area contributed by atoms with Crippen molar-refractivity contribution in [3.63, 3.8) is 0 Å². The number of amides is 1. The van der Waals surface area contributed by atoms with E-state index < -0.39 is 17.7 Å². The van der Waals surface area contributed by atoms with Crippen molar-refractivity contribution in [2.75, 3.05) is 12.4 Å². The van der Waals surface area contributed by atoms with Gasteiger partial charge in [-0.25, -0.2) is 14.2 Å². The molecular weight excluding hydrogens is 389 g/mol. The van der Waals surface area contributed by atoms with Crippen molar-refractivity contribution in [3.8, 4) is 11.4 Å². The number of halogens is 1. The van der Waals surface area contributed by atoms with E-state index in [0.29, 0.717) is 28.9 Å². The van der Waals surface area contributed by atoms with Gasteiger partial charge in [-0.2, -0.15) is 0 Å². The van der Waals surface area contributed by atoms with E-state index in [-0.39, 0.29) is 17.9 Å². The van der Waals surface area contributed by atoms with Gasteiger partial charge in [0.2, 0.25) is 5.91 Å². The number of rotatable bonds is 6. The number of ether oxygens (including phenoxy) is 1. The van der Waals surface area contributed by atoms with Crippen LogP contribution in [0.15, 0.2) is 59.4 Å². The Morgan fingerprint density at radius 1 is 1.10 bits per heavy atom. The summed E-state index contributed by atoms with van der Waals surface area (Å²) in [7, 11) is 1.28. The lowest BCUT2D eigenvalue weighted by Crippen LogP contribution is -2.30. The summed E-state index contributed by atoms with van der Waals surface area (Å²) in [6.45, 7) is 1.59. The molecule has 1 heterocycles. The summed E-state index contributed by atoms with van der Waals surface area (Å²) < 4.78 is 19.2. The first kappa shape index (κ1) is 20.9. The molecule has 30 heavy (non-hydrogen) atoms. The van der Waals surface area contributed by atoms with E-state index in [9.17, 15) is 18.8 Å². The molecule has 0 atom stereocenters. The maximum atomic E-state index is 13.3. The average Bonchev–Trinajstić information content (AvgIpc) is 2.75. The Balaban J connectivity index is 1.86. The number of esters is 1. The van der Waals surface area contributed by atoms with Crippen molar-refractivity contribution < 1.29 is 18.7 Å². The minimum absolute atomic E-state index is 0.276. The SMILES string of the molecule is CCc1cc(=O)n(CC(=O)Nc2ccc(C(=O)OC)cc2)c(-c2ccc(F)cc2)n1. The number of nitrogens with one attached hydrogen (secondary N) is 1. The summed E-state index contributed by atoms with van der Waals surface area (Å²) in [6.07, 6.45) is 0.545. The fourth-order valence-electron chi connectivity index (χ4n) is 2.86. The fourth-order valence-corrected chi connectivity index (χ4v) is 2.86. The number of carbonyl (C=O) groups excluding carboxylic acids is 2. The topological polar surface area (TPSA) is 90.3 Å². The summed E-state index contributed by atoms with van der Waals surface area (Å²) in [5.74, 6) is -1.05. The predicted molar refractivity (Wildman–Crippen MR) is 110 cm³/mol. The van der Waals surface area contributed by atoms with Crippen LogP contribution in [0.3, 0.4) is 0 Å². The first-order valence-corrected chi connectivity index (χ1v) is 9.26. The molecule has 0 aliphatic rings. The molecule has 0 unspecified atom stereocenters. The molecule has 3 aromatic rings. The molecule has 0 bridgehead atoms. The quantitative estimate of drug-likeness (QED) is 0.632. The van der Waals surface area contributed by atoms with E-state index in [0.717, 1.165) is 0 Å². The van der Waals surface area contributed by atoms with Gasteiger partial charge in [0.1, 0.15) is 18.2 Å². The van der Waals surface area contributed by atoms with Crippen LogP contribution in [0, 0.1) is 5.82 Å². The summed E-state index contributed by atoms with van der Waals surface area (Å²) in [6, 6.07) is 13.1. The molecule has 1 N–H and O–H groups in total.